The summed E-state index contributed by atoms with van der Waals surface area (Å²) < 4.78 is 10.7. The van der Waals surface area contributed by atoms with Gasteiger partial charge in [0.15, 0.2) is 5.70 Å². The normalized spacial score (nSPS) is 14.4. The number of benzene rings is 3. The van der Waals surface area contributed by atoms with Crippen molar-refractivity contribution in [2.24, 2.45) is 4.99 Å². The Morgan fingerprint density at radius 2 is 1.62 bits per heavy atom. The lowest BCUT2D eigenvalue weighted by molar-refractivity contribution is -0.129. The first-order valence-electron chi connectivity index (χ1n) is 10.1. The smallest absolute Gasteiger partial charge is 0.363 e. The SMILES string of the molecule is CC(C)c1ccc(C2=N/C(=C\c3ccc(OC(=O)c4ccc(Cl)cc4)cc3)C(=O)O2)cc1. The molecule has 6 heteroatoms. The van der Waals surface area contributed by atoms with E-state index in [9.17, 15) is 9.59 Å². The number of aliphatic imine (C=N–C) groups is 1. The fourth-order valence-electron chi connectivity index (χ4n) is 3.09. The van der Waals surface area contributed by atoms with Gasteiger partial charge >= 0.3 is 11.9 Å². The molecule has 0 unspecified atom stereocenters. The van der Waals surface area contributed by atoms with Gasteiger partial charge < -0.3 is 9.47 Å². The van der Waals surface area contributed by atoms with E-state index >= 15 is 0 Å². The van der Waals surface area contributed by atoms with E-state index in [1.807, 2.05) is 24.3 Å². The molecule has 0 amide bonds. The van der Waals surface area contributed by atoms with Crippen LogP contribution < -0.4 is 4.74 Å². The Hall–Kier alpha value is -3.70. The average molecular weight is 446 g/mol. The van der Waals surface area contributed by atoms with E-state index in [4.69, 9.17) is 21.1 Å². The number of ether oxygens (including phenoxy) is 2. The molecular weight excluding hydrogens is 426 g/mol. The first kappa shape index (κ1) is 21.5. The molecule has 0 N–H and O–H groups in total. The van der Waals surface area contributed by atoms with Gasteiger partial charge in [-0.2, -0.15) is 0 Å². The van der Waals surface area contributed by atoms with Crippen molar-refractivity contribution in [1.82, 2.24) is 0 Å². The average Bonchev–Trinajstić information content (AvgIpc) is 3.15. The van der Waals surface area contributed by atoms with Gasteiger partial charge in [-0.05, 0) is 71.7 Å². The molecule has 32 heavy (non-hydrogen) atoms. The predicted octanol–water partition coefficient (Wildman–Crippen LogP) is 6.03. The Kier molecular flexibility index (Phi) is 6.19. The Bertz CT molecular complexity index is 1210. The van der Waals surface area contributed by atoms with Gasteiger partial charge in [0.1, 0.15) is 5.75 Å². The summed E-state index contributed by atoms with van der Waals surface area (Å²) in [5.74, 6) is 0.0951. The van der Waals surface area contributed by atoms with Gasteiger partial charge in [0.2, 0.25) is 5.90 Å². The largest absolute Gasteiger partial charge is 0.423 e. The van der Waals surface area contributed by atoms with Crippen molar-refractivity contribution in [2.45, 2.75) is 19.8 Å². The van der Waals surface area contributed by atoms with Crippen LogP contribution in [0.4, 0.5) is 0 Å². The summed E-state index contributed by atoms with van der Waals surface area (Å²) in [5.41, 5.74) is 3.28. The van der Waals surface area contributed by atoms with E-state index in [1.54, 1.807) is 54.6 Å². The zero-order valence-corrected chi connectivity index (χ0v) is 18.3. The van der Waals surface area contributed by atoms with Crippen LogP contribution in [0.25, 0.3) is 6.08 Å². The molecule has 0 radical (unpaired) electrons. The molecule has 1 heterocycles. The summed E-state index contributed by atoms with van der Waals surface area (Å²) in [4.78, 5) is 28.8. The van der Waals surface area contributed by atoms with Gasteiger partial charge in [-0.25, -0.2) is 14.6 Å². The van der Waals surface area contributed by atoms with E-state index in [1.165, 1.54) is 5.56 Å². The summed E-state index contributed by atoms with van der Waals surface area (Å²) >= 11 is 5.84. The van der Waals surface area contributed by atoms with Gasteiger partial charge in [0, 0.05) is 10.6 Å². The summed E-state index contributed by atoms with van der Waals surface area (Å²) in [6.07, 6.45) is 1.63. The molecule has 160 valence electrons. The van der Waals surface area contributed by atoms with Crippen molar-refractivity contribution in [2.75, 3.05) is 0 Å². The highest BCUT2D eigenvalue weighted by Gasteiger charge is 2.24. The van der Waals surface area contributed by atoms with Crippen molar-refractivity contribution in [1.29, 1.82) is 0 Å². The number of hydrogen-bond donors (Lipinski definition) is 0. The maximum absolute atomic E-state index is 12.2. The van der Waals surface area contributed by atoms with Crippen molar-refractivity contribution < 1.29 is 19.1 Å². The van der Waals surface area contributed by atoms with Crippen LogP contribution >= 0.6 is 11.6 Å². The molecule has 3 aromatic carbocycles. The number of rotatable bonds is 5. The standard InChI is InChI=1S/C26H20ClNO4/c1-16(2)18-5-7-19(8-6-18)24-28-23(26(30)32-24)15-17-3-13-22(14-4-17)31-25(29)20-9-11-21(27)12-10-20/h3-16H,1-2H3/b23-15-. The molecular formula is C26H20ClNO4. The van der Waals surface area contributed by atoms with E-state index in [2.05, 4.69) is 18.8 Å². The predicted molar refractivity (Wildman–Crippen MR) is 124 cm³/mol. The minimum absolute atomic E-state index is 0.207. The van der Waals surface area contributed by atoms with Crippen LogP contribution in [0, 0.1) is 0 Å². The Morgan fingerprint density at radius 1 is 0.969 bits per heavy atom. The molecule has 4 rings (SSSR count). The molecule has 0 atom stereocenters. The second-order valence-electron chi connectivity index (χ2n) is 7.58. The van der Waals surface area contributed by atoms with Gasteiger partial charge in [-0.15, -0.1) is 0 Å². The minimum atomic E-state index is -0.508. The maximum Gasteiger partial charge on any atom is 0.363 e. The molecule has 0 saturated carbocycles. The number of carbonyl (C=O) groups excluding carboxylic acids is 2. The molecule has 0 saturated heterocycles. The quantitative estimate of drug-likeness (QED) is 0.273. The van der Waals surface area contributed by atoms with Crippen LogP contribution in [0.5, 0.6) is 5.75 Å². The molecule has 1 aliphatic rings. The Balaban J connectivity index is 1.46. The van der Waals surface area contributed by atoms with E-state index in [0.29, 0.717) is 22.3 Å². The third kappa shape index (κ3) is 4.95. The fraction of sp³-hybridized carbons (Fsp3) is 0.115. The number of carbonyl (C=O) groups is 2. The monoisotopic (exact) mass is 445 g/mol. The molecule has 0 spiro atoms. The Labute approximate surface area is 191 Å². The number of nitrogens with zero attached hydrogens (tertiary/aromatic N) is 1. The summed E-state index contributed by atoms with van der Waals surface area (Å²) in [6, 6.07) is 21.0. The highest BCUT2D eigenvalue weighted by atomic mass is 35.5. The summed E-state index contributed by atoms with van der Waals surface area (Å²) in [5, 5.41) is 0.544. The number of halogens is 1. The Morgan fingerprint density at radius 3 is 2.25 bits per heavy atom. The van der Waals surface area contributed by atoms with Crippen LogP contribution in [-0.4, -0.2) is 17.8 Å². The second-order valence-corrected chi connectivity index (χ2v) is 8.01. The molecule has 0 fully saturated rings. The van der Waals surface area contributed by atoms with Crippen LogP contribution in [0.15, 0.2) is 83.5 Å². The molecule has 1 aliphatic heterocycles. The zero-order chi connectivity index (χ0) is 22.7. The lowest BCUT2D eigenvalue weighted by atomic mass is 10.0. The van der Waals surface area contributed by atoms with Gasteiger partial charge in [0.05, 0.1) is 5.56 Å². The fourth-order valence-corrected chi connectivity index (χ4v) is 3.21. The first-order valence-corrected chi connectivity index (χ1v) is 10.5. The summed E-state index contributed by atoms with van der Waals surface area (Å²) in [6.45, 7) is 4.24. The van der Waals surface area contributed by atoms with Crippen LogP contribution in [0.1, 0.15) is 46.8 Å². The van der Waals surface area contributed by atoms with Crippen molar-refractivity contribution in [3.8, 4) is 5.75 Å². The van der Waals surface area contributed by atoms with Gasteiger partial charge in [0.25, 0.3) is 0 Å². The lowest BCUT2D eigenvalue weighted by Gasteiger charge is -2.05. The maximum atomic E-state index is 12.2. The molecule has 3 aromatic rings. The second kappa shape index (κ2) is 9.20. The van der Waals surface area contributed by atoms with Gasteiger partial charge in [-0.1, -0.05) is 49.7 Å². The zero-order valence-electron chi connectivity index (χ0n) is 17.5. The van der Waals surface area contributed by atoms with E-state index < -0.39 is 11.9 Å². The van der Waals surface area contributed by atoms with Gasteiger partial charge in [-0.3, -0.25) is 0 Å². The first-order chi connectivity index (χ1) is 15.4. The molecule has 5 nitrogen and oxygen atoms in total. The van der Waals surface area contributed by atoms with Crippen LogP contribution in [-0.2, 0) is 9.53 Å². The highest BCUT2D eigenvalue weighted by molar-refractivity contribution is 6.30. The molecule has 0 aromatic heterocycles. The van der Waals surface area contributed by atoms with E-state index in [0.717, 1.165) is 11.1 Å². The van der Waals surface area contributed by atoms with Crippen LogP contribution in [0.3, 0.4) is 0 Å². The number of esters is 2. The topological polar surface area (TPSA) is 65.0 Å². The lowest BCUT2D eigenvalue weighted by Crippen LogP contribution is -2.08. The van der Waals surface area contributed by atoms with Crippen molar-refractivity contribution >= 4 is 35.5 Å². The van der Waals surface area contributed by atoms with Crippen LogP contribution in [0.2, 0.25) is 5.02 Å². The number of hydrogen-bond acceptors (Lipinski definition) is 5. The summed E-state index contributed by atoms with van der Waals surface area (Å²) in [7, 11) is 0. The molecule has 0 bridgehead atoms. The van der Waals surface area contributed by atoms with E-state index in [-0.39, 0.29) is 11.6 Å². The minimum Gasteiger partial charge on any atom is -0.423 e. The third-order valence-electron chi connectivity index (χ3n) is 4.92. The highest BCUT2D eigenvalue weighted by Crippen LogP contribution is 2.22. The molecule has 0 aliphatic carbocycles. The third-order valence-corrected chi connectivity index (χ3v) is 5.17. The van der Waals surface area contributed by atoms with Crippen molar-refractivity contribution in [3.05, 3.63) is 106 Å². The van der Waals surface area contributed by atoms with Crippen molar-refractivity contribution in [3.63, 3.8) is 0 Å². The number of cyclic esters (lactones) is 1.